The lowest BCUT2D eigenvalue weighted by Crippen LogP contribution is -2.49. The number of halogens is 1. The van der Waals surface area contributed by atoms with Gasteiger partial charge in [0, 0.05) is 29.7 Å². The van der Waals surface area contributed by atoms with E-state index in [2.05, 4.69) is 39.9 Å². The average Bonchev–Trinajstić information content (AvgIpc) is 2.69. The van der Waals surface area contributed by atoms with Crippen LogP contribution in [0.4, 0.5) is 0 Å². The third kappa shape index (κ3) is 5.45. The van der Waals surface area contributed by atoms with E-state index in [0.717, 1.165) is 22.3 Å². The Hall–Kier alpha value is -1.60. The Morgan fingerprint density at radius 1 is 1.22 bits per heavy atom. The van der Waals surface area contributed by atoms with Crippen molar-refractivity contribution >= 4 is 15.9 Å². The largest absolute Gasteiger partial charge is 0.497 e. The van der Waals surface area contributed by atoms with E-state index in [1.54, 1.807) is 7.11 Å². The molecule has 3 unspecified atom stereocenters. The lowest BCUT2D eigenvalue weighted by atomic mass is 10.0. The van der Waals surface area contributed by atoms with Crippen molar-refractivity contribution in [2.75, 3.05) is 33.4 Å². The van der Waals surface area contributed by atoms with E-state index < -0.39 is 6.10 Å². The van der Waals surface area contributed by atoms with Crippen molar-refractivity contribution < 1.29 is 19.3 Å². The van der Waals surface area contributed by atoms with E-state index in [0.29, 0.717) is 18.9 Å². The number of morpholine rings is 1. The molecule has 0 spiro atoms. The van der Waals surface area contributed by atoms with Crippen LogP contribution in [0, 0.1) is 0 Å². The Kier molecular flexibility index (Phi) is 7.13. The average molecular weight is 436 g/mol. The summed E-state index contributed by atoms with van der Waals surface area (Å²) in [5.41, 5.74) is 1.15. The minimum atomic E-state index is -0.581. The van der Waals surface area contributed by atoms with Crippen LogP contribution in [0.2, 0.25) is 0 Å². The molecule has 1 saturated heterocycles. The molecule has 1 fully saturated rings. The maximum Gasteiger partial charge on any atom is 0.123 e. The highest BCUT2D eigenvalue weighted by atomic mass is 79.9. The highest BCUT2D eigenvalue weighted by molar-refractivity contribution is 9.10. The number of hydrogen-bond donors (Lipinski definition) is 1. The Bertz CT molecular complexity index is 724. The van der Waals surface area contributed by atoms with Crippen molar-refractivity contribution in [3.05, 3.63) is 58.6 Å². The number of rotatable bonds is 7. The third-order valence-electron chi connectivity index (χ3n) is 4.82. The summed E-state index contributed by atoms with van der Waals surface area (Å²) in [7, 11) is 1.62. The van der Waals surface area contributed by atoms with Crippen LogP contribution in [-0.4, -0.2) is 55.6 Å². The van der Waals surface area contributed by atoms with Gasteiger partial charge in [0.25, 0.3) is 0 Å². The summed E-state index contributed by atoms with van der Waals surface area (Å²) in [6.07, 6.45) is -0.583. The van der Waals surface area contributed by atoms with Crippen LogP contribution in [-0.2, 0) is 4.74 Å². The molecule has 2 aromatic carbocycles. The smallest absolute Gasteiger partial charge is 0.123 e. The first-order chi connectivity index (χ1) is 13.1. The molecule has 146 valence electrons. The van der Waals surface area contributed by atoms with Gasteiger partial charge < -0.3 is 19.3 Å². The second kappa shape index (κ2) is 9.55. The molecule has 27 heavy (non-hydrogen) atoms. The maximum atomic E-state index is 10.5. The summed E-state index contributed by atoms with van der Waals surface area (Å²) in [6, 6.07) is 15.8. The first kappa shape index (κ1) is 20.1. The minimum absolute atomic E-state index is 0.00153. The fourth-order valence-corrected chi connectivity index (χ4v) is 3.59. The SMILES string of the molecule is COc1cccc(OCC(O)CN2CCOC(c3ccc(Br)cc3)C2C)c1. The Morgan fingerprint density at radius 2 is 1.96 bits per heavy atom. The second-order valence-corrected chi connectivity index (χ2v) is 7.64. The Balaban J connectivity index is 1.55. The maximum absolute atomic E-state index is 10.5. The van der Waals surface area contributed by atoms with Gasteiger partial charge in [-0.2, -0.15) is 0 Å². The van der Waals surface area contributed by atoms with Crippen molar-refractivity contribution in [1.29, 1.82) is 0 Å². The number of nitrogens with zero attached hydrogens (tertiary/aromatic N) is 1. The number of aliphatic hydroxyl groups excluding tert-OH is 1. The minimum Gasteiger partial charge on any atom is -0.497 e. The molecule has 3 rings (SSSR count). The highest BCUT2D eigenvalue weighted by Gasteiger charge is 2.31. The summed E-state index contributed by atoms with van der Waals surface area (Å²) in [5, 5.41) is 10.5. The van der Waals surface area contributed by atoms with Gasteiger partial charge in [0.15, 0.2) is 0 Å². The van der Waals surface area contributed by atoms with Gasteiger partial charge in [0.2, 0.25) is 0 Å². The normalized spacial score (nSPS) is 21.6. The van der Waals surface area contributed by atoms with Gasteiger partial charge >= 0.3 is 0 Å². The quantitative estimate of drug-likeness (QED) is 0.718. The van der Waals surface area contributed by atoms with Gasteiger partial charge in [-0.3, -0.25) is 4.90 Å². The summed E-state index contributed by atoms with van der Waals surface area (Å²) in [6.45, 7) is 4.36. The molecule has 1 N–H and O–H groups in total. The molecular weight excluding hydrogens is 410 g/mol. The van der Waals surface area contributed by atoms with Crippen molar-refractivity contribution in [2.45, 2.75) is 25.2 Å². The fourth-order valence-electron chi connectivity index (χ4n) is 3.32. The molecule has 3 atom stereocenters. The first-order valence-corrected chi connectivity index (χ1v) is 9.92. The summed E-state index contributed by atoms with van der Waals surface area (Å²) >= 11 is 3.47. The van der Waals surface area contributed by atoms with Gasteiger partial charge in [-0.05, 0) is 36.8 Å². The predicted octanol–water partition coefficient (Wildman–Crippen LogP) is 3.66. The molecule has 5 nitrogen and oxygen atoms in total. The Morgan fingerprint density at radius 3 is 2.70 bits per heavy atom. The van der Waals surface area contributed by atoms with E-state index in [1.165, 1.54) is 0 Å². The van der Waals surface area contributed by atoms with Crippen LogP contribution in [0.25, 0.3) is 0 Å². The van der Waals surface area contributed by atoms with Gasteiger partial charge in [0.1, 0.15) is 24.2 Å². The highest BCUT2D eigenvalue weighted by Crippen LogP contribution is 2.29. The molecular formula is C21H26BrNO4. The van der Waals surface area contributed by atoms with Crippen LogP contribution >= 0.6 is 15.9 Å². The van der Waals surface area contributed by atoms with Crippen molar-refractivity contribution in [3.63, 3.8) is 0 Å². The molecule has 0 saturated carbocycles. The first-order valence-electron chi connectivity index (χ1n) is 9.13. The number of β-amino-alcohol motifs (C(OH)–C–C–N with tert-alkyl or cyclic N) is 1. The zero-order chi connectivity index (χ0) is 19.2. The van der Waals surface area contributed by atoms with E-state index in [9.17, 15) is 5.11 Å². The van der Waals surface area contributed by atoms with Crippen LogP contribution in [0.5, 0.6) is 11.5 Å². The van der Waals surface area contributed by atoms with Gasteiger partial charge in [-0.15, -0.1) is 0 Å². The number of methoxy groups -OCH3 is 1. The van der Waals surface area contributed by atoms with Crippen molar-refractivity contribution in [3.8, 4) is 11.5 Å². The molecule has 0 aliphatic carbocycles. The summed E-state index contributed by atoms with van der Waals surface area (Å²) in [4.78, 5) is 2.26. The van der Waals surface area contributed by atoms with E-state index in [4.69, 9.17) is 14.2 Å². The van der Waals surface area contributed by atoms with Crippen LogP contribution in [0.15, 0.2) is 53.0 Å². The zero-order valence-corrected chi connectivity index (χ0v) is 17.3. The van der Waals surface area contributed by atoms with Gasteiger partial charge in [-0.1, -0.05) is 34.1 Å². The molecule has 0 amide bonds. The van der Waals surface area contributed by atoms with Crippen LogP contribution in [0.1, 0.15) is 18.6 Å². The monoisotopic (exact) mass is 435 g/mol. The van der Waals surface area contributed by atoms with Crippen molar-refractivity contribution in [2.24, 2.45) is 0 Å². The lowest BCUT2D eigenvalue weighted by Gasteiger charge is -2.40. The molecule has 0 bridgehead atoms. The lowest BCUT2D eigenvalue weighted by molar-refractivity contribution is -0.0804. The topological polar surface area (TPSA) is 51.2 Å². The van der Waals surface area contributed by atoms with E-state index in [-0.39, 0.29) is 18.8 Å². The fraction of sp³-hybridized carbons (Fsp3) is 0.429. The number of aliphatic hydroxyl groups is 1. The number of hydrogen-bond acceptors (Lipinski definition) is 5. The van der Waals surface area contributed by atoms with E-state index >= 15 is 0 Å². The van der Waals surface area contributed by atoms with Gasteiger partial charge in [0.05, 0.1) is 19.8 Å². The third-order valence-corrected chi connectivity index (χ3v) is 5.35. The van der Waals surface area contributed by atoms with Crippen LogP contribution in [0.3, 0.4) is 0 Å². The standard InChI is InChI=1S/C21H26BrNO4/c1-15-21(16-6-8-17(22)9-7-16)26-11-10-23(15)13-18(24)14-27-20-5-3-4-19(12-20)25-2/h3-9,12,15,18,21,24H,10-11,13-14H2,1-2H3. The molecule has 0 radical (unpaired) electrons. The molecule has 0 aromatic heterocycles. The number of ether oxygens (including phenoxy) is 3. The van der Waals surface area contributed by atoms with E-state index in [1.807, 2.05) is 36.4 Å². The van der Waals surface area contributed by atoms with Crippen LogP contribution < -0.4 is 9.47 Å². The molecule has 1 aliphatic heterocycles. The second-order valence-electron chi connectivity index (χ2n) is 6.72. The van der Waals surface area contributed by atoms with Crippen molar-refractivity contribution in [1.82, 2.24) is 4.90 Å². The zero-order valence-electron chi connectivity index (χ0n) is 15.7. The Labute approximate surface area is 169 Å². The number of benzene rings is 2. The molecule has 6 heteroatoms. The summed E-state index contributed by atoms with van der Waals surface area (Å²) < 4.78 is 18.0. The predicted molar refractivity (Wildman–Crippen MR) is 108 cm³/mol. The van der Waals surface area contributed by atoms with Gasteiger partial charge in [-0.25, -0.2) is 0 Å². The molecule has 1 heterocycles. The molecule has 1 aliphatic rings. The molecule has 2 aromatic rings. The summed E-state index contributed by atoms with van der Waals surface area (Å²) in [5.74, 6) is 1.43.